The summed E-state index contributed by atoms with van der Waals surface area (Å²) in [6.07, 6.45) is -0.220. The maximum atomic E-state index is 11.1. The zero-order chi connectivity index (χ0) is 9.99. The molecule has 0 saturated heterocycles. The van der Waals surface area contributed by atoms with Crippen molar-refractivity contribution >= 4 is 77.4 Å². The summed E-state index contributed by atoms with van der Waals surface area (Å²) in [6.45, 7) is 0. The predicted octanol–water partition coefficient (Wildman–Crippen LogP) is 4.55. The van der Waals surface area contributed by atoms with E-state index in [1.54, 1.807) is 0 Å². The molecule has 0 spiro atoms. The first-order valence-corrected chi connectivity index (χ1v) is 6.55. The summed E-state index contributed by atoms with van der Waals surface area (Å²) < 4.78 is 8.01. The lowest BCUT2D eigenvalue weighted by Gasteiger charge is -2.05. The Morgan fingerprint density at radius 3 is 1.25 bits per heavy atom. The van der Waals surface area contributed by atoms with E-state index in [0.29, 0.717) is 0 Å². The van der Waals surface area contributed by atoms with Crippen molar-refractivity contribution in [3.05, 3.63) is 0 Å². The van der Waals surface area contributed by atoms with Gasteiger partial charge in [0.1, 0.15) is 0 Å². The molecule has 0 N–H and O–H groups in total. The fourth-order valence-corrected chi connectivity index (χ4v) is 3.77. The summed E-state index contributed by atoms with van der Waals surface area (Å²) in [7, 11) is -1.80. The first kappa shape index (κ1) is 13.8. The molecule has 0 atom stereocenters. The lowest BCUT2D eigenvalue weighted by Crippen LogP contribution is -2.12. The van der Waals surface area contributed by atoms with Gasteiger partial charge >= 0.3 is 7.80 Å². The van der Waals surface area contributed by atoms with Crippen LogP contribution in [0.2, 0.25) is 0 Å². The maximum absolute atomic E-state index is 11.1. The number of halogens is 6. The van der Waals surface area contributed by atoms with Gasteiger partial charge in [-0.15, -0.1) is 0 Å². The van der Waals surface area contributed by atoms with Crippen LogP contribution >= 0.6 is 77.4 Å². The average molecular weight is 312 g/mol. The minimum Gasteiger partial charge on any atom is -0.0788 e. The van der Waals surface area contributed by atoms with Gasteiger partial charge in [-0.05, 0) is 0 Å². The van der Waals surface area contributed by atoms with Gasteiger partial charge < -0.3 is 0 Å². The minimum atomic E-state index is -1.80. The summed E-state index contributed by atoms with van der Waals surface area (Å²) in [4.78, 5) is 0. The molecule has 0 fully saturated rings. The van der Waals surface area contributed by atoms with Crippen LogP contribution in [0.3, 0.4) is 0 Å². The molecule has 72 valence electrons. The Bertz CT molecular complexity index is 151. The van der Waals surface area contributed by atoms with Crippen LogP contribution in [0.15, 0.2) is 0 Å². The van der Waals surface area contributed by atoms with Gasteiger partial charge in [-0.2, -0.15) is 0 Å². The summed E-state index contributed by atoms with van der Waals surface area (Å²) >= 11 is 32.2. The third-order valence-corrected chi connectivity index (χ3v) is 4.29. The van der Waals surface area contributed by atoms with Crippen molar-refractivity contribution in [2.75, 3.05) is 12.3 Å². The molecule has 0 aromatic carbocycles. The minimum absolute atomic E-state index is 0.110. The molecule has 0 aromatic heterocycles. The van der Waals surface area contributed by atoms with Crippen molar-refractivity contribution < 1.29 is 4.57 Å². The highest BCUT2D eigenvalue weighted by Gasteiger charge is 2.38. The maximum Gasteiger partial charge on any atom is 0.347 e. The molecule has 0 aliphatic carbocycles. The largest absolute Gasteiger partial charge is 0.347 e. The van der Waals surface area contributed by atoms with Gasteiger partial charge in [-0.3, -0.25) is 0 Å². The quantitative estimate of drug-likeness (QED) is 0.540. The molecule has 1 nitrogen and oxygen atoms in total. The van der Waals surface area contributed by atoms with Gasteiger partial charge in [0.05, 0.1) is 0 Å². The number of alkyl halides is 6. The van der Waals surface area contributed by atoms with Crippen LogP contribution in [-0.4, -0.2) is 19.9 Å². The normalized spacial score (nSPS) is 13.2. The predicted molar refractivity (Wildman–Crippen MR) is 57.9 cm³/mol. The third-order valence-electron chi connectivity index (χ3n) is 0.711. The lowest BCUT2D eigenvalue weighted by atomic mass is 10.9. The van der Waals surface area contributed by atoms with Crippen LogP contribution in [0.1, 0.15) is 0 Å². The van der Waals surface area contributed by atoms with Gasteiger partial charge in [-0.25, -0.2) is 0 Å². The van der Waals surface area contributed by atoms with Gasteiger partial charge in [0.2, 0.25) is 7.59 Å². The number of hydrogen-bond donors (Lipinski definition) is 0. The average Bonchev–Trinajstić information content (AvgIpc) is 1.49. The summed E-state index contributed by atoms with van der Waals surface area (Å²) in [5.74, 6) is 0. The van der Waals surface area contributed by atoms with Crippen LogP contribution in [-0.2, 0) is 4.57 Å². The van der Waals surface area contributed by atoms with Crippen molar-refractivity contribution in [2.45, 2.75) is 7.59 Å². The highest BCUT2D eigenvalue weighted by molar-refractivity contribution is 7.46. The van der Waals surface area contributed by atoms with E-state index < -0.39 is 15.4 Å². The molecule has 0 heterocycles. The smallest absolute Gasteiger partial charge is 0.0788 e. The molecule has 0 aliphatic rings. The Morgan fingerprint density at radius 2 is 1.08 bits per heavy atom. The highest BCUT2D eigenvalue weighted by Crippen LogP contribution is 2.42. The SMILES string of the molecule is O=[P+](CC(Cl)(Cl)Cl)CC(Cl)(Cl)Cl. The van der Waals surface area contributed by atoms with E-state index in [-0.39, 0.29) is 12.3 Å². The van der Waals surface area contributed by atoms with Gasteiger partial charge in [0.15, 0.2) is 12.3 Å². The van der Waals surface area contributed by atoms with Crippen molar-refractivity contribution in [2.24, 2.45) is 0 Å². The fourth-order valence-electron chi connectivity index (χ4n) is 0.456. The van der Waals surface area contributed by atoms with Crippen LogP contribution in [0.4, 0.5) is 0 Å². The Labute approximate surface area is 101 Å². The Kier molecular flexibility index (Phi) is 5.85. The molecule has 0 radical (unpaired) electrons. The molecular formula is C4H4Cl6OP+. The van der Waals surface area contributed by atoms with Crippen molar-refractivity contribution in [3.8, 4) is 0 Å². The molecule has 0 aromatic rings. The van der Waals surface area contributed by atoms with E-state index in [9.17, 15) is 4.57 Å². The van der Waals surface area contributed by atoms with E-state index in [4.69, 9.17) is 69.6 Å². The zero-order valence-electron chi connectivity index (χ0n) is 5.54. The molecule has 0 unspecified atom stereocenters. The van der Waals surface area contributed by atoms with Gasteiger partial charge in [0, 0.05) is 0 Å². The second-order valence-corrected chi connectivity index (χ2v) is 8.66. The van der Waals surface area contributed by atoms with Crippen molar-refractivity contribution in [1.82, 2.24) is 0 Å². The molecular weight excluding hydrogens is 308 g/mol. The number of rotatable bonds is 2. The van der Waals surface area contributed by atoms with E-state index in [0.717, 1.165) is 0 Å². The van der Waals surface area contributed by atoms with E-state index in [1.165, 1.54) is 0 Å². The van der Waals surface area contributed by atoms with E-state index in [2.05, 4.69) is 0 Å². The Balaban J connectivity index is 3.92. The second kappa shape index (κ2) is 5.07. The Morgan fingerprint density at radius 1 is 0.833 bits per heavy atom. The summed E-state index contributed by atoms with van der Waals surface area (Å²) in [5.41, 5.74) is 0. The Hall–Kier alpha value is 1.84. The first-order chi connectivity index (χ1) is 5.10. The first-order valence-electron chi connectivity index (χ1n) is 2.66. The van der Waals surface area contributed by atoms with Crippen LogP contribution < -0.4 is 0 Å². The third kappa shape index (κ3) is 9.92. The molecule has 12 heavy (non-hydrogen) atoms. The zero-order valence-corrected chi connectivity index (χ0v) is 11.0. The molecule has 0 bridgehead atoms. The molecule has 0 saturated carbocycles. The summed E-state index contributed by atoms with van der Waals surface area (Å²) in [6, 6.07) is 0. The molecule has 8 heteroatoms. The number of hydrogen-bond acceptors (Lipinski definition) is 1. The molecule has 0 aliphatic heterocycles. The van der Waals surface area contributed by atoms with Crippen LogP contribution in [0, 0.1) is 0 Å². The lowest BCUT2D eigenvalue weighted by molar-refractivity contribution is 0.587. The highest BCUT2D eigenvalue weighted by atomic mass is 35.6. The second-order valence-electron chi connectivity index (χ2n) is 2.03. The van der Waals surface area contributed by atoms with Crippen LogP contribution in [0.25, 0.3) is 0 Å². The van der Waals surface area contributed by atoms with Gasteiger partial charge in [0.25, 0.3) is 0 Å². The van der Waals surface area contributed by atoms with E-state index >= 15 is 0 Å². The topological polar surface area (TPSA) is 17.1 Å². The van der Waals surface area contributed by atoms with Gasteiger partial charge in [-0.1, -0.05) is 74.2 Å². The van der Waals surface area contributed by atoms with Crippen molar-refractivity contribution in [1.29, 1.82) is 0 Å². The molecule has 0 amide bonds. The van der Waals surface area contributed by atoms with E-state index in [1.807, 2.05) is 0 Å². The monoisotopic (exact) mass is 309 g/mol. The standard InChI is InChI=1S/C4H4Cl6OP/c5-3(6,7)1-12(11)2-4(8,9)10/h1-2H2/q+1. The summed E-state index contributed by atoms with van der Waals surface area (Å²) in [5, 5.41) is 0. The molecule has 0 rings (SSSR count). The fraction of sp³-hybridized carbons (Fsp3) is 1.00. The van der Waals surface area contributed by atoms with Crippen molar-refractivity contribution in [3.63, 3.8) is 0 Å². The van der Waals surface area contributed by atoms with Crippen LogP contribution in [0.5, 0.6) is 0 Å².